The van der Waals surface area contributed by atoms with E-state index >= 15 is 0 Å². The Labute approximate surface area is 187 Å². The van der Waals surface area contributed by atoms with Crippen molar-refractivity contribution in [3.05, 3.63) is 98.9 Å². The Morgan fingerprint density at radius 1 is 1.16 bits per heavy atom. The lowest BCUT2D eigenvalue weighted by Crippen LogP contribution is -2.31. The Balaban J connectivity index is 1.67. The fraction of sp³-hybridized carbons (Fsp3) is 0.0833. The van der Waals surface area contributed by atoms with E-state index in [1.165, 1.54) is 22.5 Å². The van der Waals surface area contributed by atoms with Crippen LogP contribution in [-0.2, 0) is 17.4 Å². The van der Waals surface area contributed by atoms with E-state index in [1.807, 2.05) is 12.1 Å². The number of pyridine rings is 1. The minimum Gasteiger partial charge on any atom is -0.290 e. The summed E-state index contributed by atoms with van der Waals surface area (Å²) in [7, 11) is -0.0707. The number of Topliss-reactive ketones (excluding diaryl/α,β-unsaturated/α-hetero) is 1. The molecule has 2 aromatic carbocycles. The van der Waals surface area contributed by atoms with E-state index in [1.54, 1.807) is 43.7 Å². The van der Waals surface area contributed by atoms with Gasteiger partial charge in [0.2, 0.25) is 5.78 Å². The molecule has 0 saturated heterocycles. The monoisotopic (exact) mass is 450 g/mol. The zero-order valence-electron chi connectivity index (χ0n) is 16.4. The quantitative estimate of drug-likeness (QED) is 0.416. The highest BCUT2D eigenvalue weighted by molar-refractivity contribution is 7.91. The first-order valence-electron chi connectivity index (χ1n) is 9.33. The van der Waals surface area contributed by atoms with E-state index in [-0.39, 0.29) is 15.7 Å². The zero-order valence-corrected chi connectivity index (χ0v) is 18.0. The summed E-state index contributed by atoms with van der Waals surface area (Å²) < 4.78 is 28.2. The molecule has 1 atom stereocenters. The summed E-state index contributed by atoms with van der Waals surface area (Å²) in [4.78, 5) is 17.2. The van der Waals surface area contributed by atoms with Gasteiger partial charge in [-0.2, -0.15) is 0 Å². The molecule has 0 bridgehead atoms. The zero-order chi connectivity index (χ0) is 22.0. The van der Waals surface area contributed by atoms with Gasteiger partial charge in [0, 0.05) is 37.0 Å². The van der Waals surface area contributed by atoms with Gasteiger partial charge in [-0.3, -0.25) is 14.1 Å². The molecule has 0 saturated carbocycles. The molecule has 0 radical (unpaired) electrons. The maximum atomic E-state index is 13.8. The molecule has 0 aliphatic carbocycles. The van der Waals surface area contributed by atoms with Gasteiger partial charge in [0.05, 0.1) is 10.7 Å². The number of ketones is 1. The van der Waals surface area contributed by atoms with Crippen LogP contribution in [0.1, 0.15) is 27.0 Å². The van der Waals surface area contributed by atoms with Gasteiger partial charge in [0.25, 0.3) is 0 Å². The minimum atomic E-state index is -1.72. The van der Waals surface area contributed by atoms with Crippen LogP contribution in [0.25, 0.3) is 6.08 Å². The maximum absolute atomic E-state index is 13.8. The van der Waals surface area contributed by atoms with Gasteiger partial charge >= 0.3 is 0 Å². The fourth-order valence-electron chi connectivity index (χ4n) is 3.14. The third-order valence-corrected chi connectivity index (χ3v) is 6.44. The second kappa shape index (κ2) is 8.84. The molecule has 154 valence electrons. The van der Waals surface area contributed by atoms with Crippen molar-refractivity contribution in [3.63, 3.8) is 0 Å². The summed E-state index contributed by atoms with van der Waals surface area (Å²) in [6.45, 7) is 0. The van der Waals surface area contributed by atoms with E-state index in [2.05, 4.69) is 16.8 Å². The molecule has 1 unspecified atom stereocenters. The number of halogens is 2. The highest BCUT2D eigenvalue weighted by atomic mass is 35.5. The number of nitrogens with zero attached hydrogens (tertiary/aromatic N) is 2. The molecule has 3 aromatic rings. The molecule has 2 heterocycles. The highest BCUT2D eigenvalue weighted by Crippen LogP contribution is 2.33. The van der Waals surface area contributed by atoms with E-state index in [9.17, 15) is 13.4 Å². The number of allylic oxidation sites excluding steroid dienone is 1. The number of benzene rings is 2. The average Bonchev–Trinajstić information content (AvgIpc) is 2.78. The van der Waals surface area contributed by atoms with Crippen molar-refractivity contribution in [3.8, 4) is 11.8 Å². The lowest BCUT2D eigenvalue weighted by Gasteiger charge is -2.27. The highest BCUT2D eigenvalue weighted by Gasteiger charge is 2.32. The number of rotatable bonds is 2. The van der Waals surface area contributed by atoms with Gasteiger partial charge in [0.15, 0.2) is 11.0 Å². The summed E-state index contributed by atoms with van der Waals surface area (Å²) in [5, 5.41) is -0.0179. The van der Waals surface area contributed by atoms with Crippen LogP contribution in [-0.4, -0.2) is 22.0 Å². The van der Waals surface area contributed by atoms with Crippen LogP contribution in [0, 0.1) is 17.7 Å². The maximum Gasteiger partial charge on any atom is 0.205 e. The molecular formula is C24H16ClFN2O2S. The fourth-order valence-corrected chi connectivity index (χ4v) is 4.39. The summed E-state index contributed by atoms with van der Waals surface area (Å²) in [5.74, 6) is 5.18. The molecule has 0 spiro atoms. The minimum absolute atomic E-state index is 0.0179. The van der Waals surface area contributed by atoms with Gasteiger partial charge < -0.3 is 0 Å². The molecule has 4 rings (SSSR count). The standard InChI is InChI=1S/C24H16ClFN2O2S/c1-28-22-8-6-17(4-2-3-16-9-11-27-12-10-16)13-19(22)24(29)23(31(28)30)15-18-5-7-20(25)21(26)14-18/h5-15H,3H2,1H3/b23-15+. The van der Waals surface area contributed by atoms with Gasteiger partial charge in [-0.25, -0.2) is 8.60 Å². The predicted octanol–water partition coefficient (Wildman–Crippen LogP) is 4.81. The van der Waals surface area contributed by atoms with Crippen molar-refractivity contribution >= 4 is 40.1 Å². The first-order chi connectivity index (χ1) is 14.9. The molecule has 7 heteroatoms. The van der Waals surface area contributed by atoms with Crippen molar-refractivity contribution in [1.82, 2.24) is 4.98 Å². The van der Waals surface area contributed by atoms with Gasteiger partial charge in [0.1, 0.15) is 10.7 Å². The van der Waals surface area contributed by atoms with Crippen LogP contribution in [0.4, 0.5) is 10.1 Å². The van der Waals surface area contributed by atoms with E-state index in [0.717, 1.165) is 5.56 Å². The van der Waals surface area contributed by atoms with E-state index < -0.39 is 16.8 Å². The Kier molecular flexibility index (Phi) is 5.99. The van der Waals surface area contributed by atoms with Crippen LogP contribution >= 0.6 is 11.6 Å². The number of hydrogen-bond donors (Lipinski definition) is 0. The summed E-state index contributed by atoms with van der Waals surface area (Å²) >= 11 is 5.72. The van der Waals surface area contributed by atoms with Crippen LogP contribution in [0.3, 0.4) is 0 Å². The van der Waals surface area contributed by atoms with E-state index in [4.69, 9.17) is 11.6 Å². The molecule has 1 aromatic heterocycles. The van der Waals surface area contributed by atoms with Crippen molar-refractivity contribution < 1.29 is 13.4 Å². The lowest BCUT2D eigenvalue weighted by atomic mass is 10.0. The Bertz CT molecular complexity index is 1300. The number of carbonyl (C=O) groups is 1. The van der Waals surface area contributed by atoms with Gasteiger partial charge in [-0.15, -0.1) is 0 Å². The number of anilines is 1. The van der Waals surface area contributed by atoms with Crippen molar-refractivity contribution in [2.24, 2.45) is 0 Å². The molecule has 4 nitrogen and oxygen atoms in total. The first-order valence-corrected chi connectivity index (χ1v) is 10.8. The molecule has 1 aliphatic rings. The van der Waals surface area contributed by atoms with Gasteiger partial charge in [-0.1, -0.05) is 29.5 Å². The summed E-state index contributed by atoms with van der Waals surface area (Å²) in [5.41, 5.74) is 3.09. The van der Waals surface area contributed by atoms with Crippen LogP contribution in [0.2, 0.25) is 5.02 Å². The normalized spacial score (nSPS) is 16.6. The Morgan fingerprint density at radius 2 is 1.94 bits per heavy atom. The number of carbonyl (C=O) groups excluding carboxylic acids is 1. The van der Waals surface area contributed by atoms with Gasteiger partial charge in [-0.05, 0) is 59.7 Å². The SMILES string of the molecule is CN1c2ccc(C#CCc3ccncc3)cc2C(=O)/C(=C\c2ccc(Cl)c(F)c2)S1=O. The predicted molar refractivity (Wildman–Crippen MR) is 122 cm³/mol. The van der Waals surface area contributed by atoms with Crippen molar-refractivity contribution in [2.45, 2.75) is 6.42 Å². The number of aromatic nitrogens is 1. The first kappa shape index (κ1) is 21.0. The van der Waals surface area contributed by atoms with Crippen molar-refractivity contribution in [1.29, 1.82) is 0 Å². The van der Waals surface area contributed by atoms with Crippen LogP contribution in [0.15, 0.2) is 65.8 Å². The molecular weight excluding hydrogens is 435 g/mol. The molecule has 0 amide bonds. The van der Waals surface area contributed by atoms with Crippen LogP contribution in [0.5, 0.6) is 0 Å². The Hall–Kier alpha value is -3.27. The summed E-state index contributed by atoms with van der Waals surface area (Å²) in [6, 6.07) is 13.2. The third-order valence-electron chi connectivity index (χ3n) is 4.76. The largest absolute Gasteiger partial charge is 0.290 e. The summed E-state index contributed by atoms with van der Waals surface area (Å²) in [6.07, 6.45) is 5.42. The third kappa shape index (κ3) is 4.43. The topological polar surface area (TPSA) is 50.3 Å². The van der Waals surface area contributed by atoms with Crippen LogP contribution < -0.4 is 4.31 Å². The second-order valence-electron chi connectivity index (χ2n) is 6.82. The Morgan fingerprint density at radius 3 is 2.68 bits per heavy atom. The molecule has 0 N–H and O–H groups in total. The molecule has 0 fully saturated rings. The number of fused-ring (bicyclic) bond motifs is 1. The smallest absolute Gasteiger partial charge is 0.205 e. The molecule has 1 aliphatic heterocycles. The molecule has 31 heavy (non-hydrogen) atoms. The van der Waals surface area contributed by atoms with E-state index in [0.29, 0.717) is 28.8 Å². The second-order valence-corrected chi connectivity index (χ2v) is 8.72. The average molecular weight is 451 g/mol. The van der Waals surface area contributed by atoms with Crippen molar-refractivity contribution in [2.75, 3.05) is 11.4 Å². The number of hydrogen-bond acceptors (Lipinski definition) is 3. The lowest BCUT2D eigenvalue weighted by molar-refractivity contribution is 0.104.